The number of benzene rings is 2. The number of non-ortho nitro benzene ring substituents is 1. The topological polar surface area (TPSA) is 81.9 Å². The molecule has 1 aliphatic heterocycles. The summed E-state index contributed by atoms with van der Waals surface area (Å²) in [5, 5.41) is 10.7. The van der Waals surface area contributed by atoms with Crippen molar-refractivity contribution >= 4 is 35.1 Å². The number of hydrogen-bond donors (Lipinski definition) is 0. The number of thiocarbonyl (C=S) groups is 1. The van der Waals surface area contributed by atoms with Gasteiger partial charge in [0.05, 0.1) is 11.5 Å². The number of allylic oxidation sites excluding steroid dienone is 2. The predicted octanol–water partition coefficient (Wildman–Crippen LogP) is 4.18. The zero-order chi connectivity index (χ0) is 21.5. The minimum absolute atomic E-state index is 0.00260. The number of carbonyl (C=O) groups excluding carboxylic acids is 1. The van der Waals surface area contributed by atoms with Crippen molar-refractivity contribution in [2.75, 3.05) is 13.3 Å². The second kappa shape index (κ2) is 9.75. The molecule has 1 aliphatic rings. The van der Waals surface area contributed by atoms with Crippen molar-refractivity contribution in [3.05, 3.63) is 87.7 Å². The van der Waals surface area contributed by atoms with E-state index in [2.05, 4.69) is 0 Å². The van der Waals surface area contributed by atoms with E-state index < -0.39 is 11.6 Å². The lowest BCUT2D eigenvalue weighted by Gasteiger charge is -2.12. The highest BCUT2D eigenvalue weighted by Gasteiger charge is 2.32. The van der Waals surface area contributed by atoms with Crippen LogP contribution < -0.4 is 4.74 Å². The summed E-state index contributed by atoms with van der Waals surface area (Å²) in [5.74, 6) is 0.257. The lowest BCUT2D eigenvalue weighted by molar-refractivity contribution is -0.384. The van der Waals surface area contributed by atoms with Crippen LogP contribution in [-0.2, 0) is 16.1 Å². The van der Waals surface area contributed by atoms with Crippen molar-refractivity contribution in [3.8, 4) is 5.75 Å². The van der Waals surface area contributed by atoms with Crippen LogP contribution in [0.5, 0.6) is 5.75 Å². The number of nitro benzene ring substituents is 1. The molecule has 1 fully saturated rings. The second-order valence-corrected chi connectivity index (χ2v) is 6.53. The molecule has 9 heteroatoms. The van der Waals surface area contributed by atoms with E-state index in [-0.39, 0.29) is 35.7 Å². The zero-order valence-electron chi connectivity index (χ0n) is 15.7. The SMILES string of the molecule is O=C1/C(=C/C=C/c2ccc([N+](=O)[O-])cc2)OC(=S)N1Cc1ccc(OCCF)cc1. The smallest absolute Gasteiger partial charge is 0.297 e. The standard InChI is InChI=1S/C21H17FN2O5S/c22-12-13-28-18-10-6-16(7-11-18)14-23-20(25)19(29-21(23)30)3-1-2-15-4-8-17(9-5-15)24(26)27/h1-11H,12-14H2/b2-1+,19-3-. The maximum absolute atomic E-state index is 12.6. The Morgan fingerprint density at radius 3 is 2.50 bits per heavy atom. The summed E-state index contributed by atoms with van der Waals surface area (Å²) in [5.41, 5.74) is 1.55. The van der Waals surface area contributed by atoms with Gasteiger partial charge in [0.2, 0.25) is 0 Å². The Hall–Kier alpha value is -3.59. The first-order valence-corrected chi connectivity index (χ1v) is 9.33. The van der Waals surface area contributed by atoms with E-state index in [0.717, 1.165) is 11.1 Å². The van der Waals surface area contributed by atoms with E-state index >= 15 is 0 Å². The third kappa shape index (κ3) is 5.26. The van der Waals surface area contributed by atoms with Gasteiger partial charge in [0.15, 0.2) is 5.76 Å². The molecule has 0 atom stereocenters. The lowest BCUT2D eigenvalue weighted by atomic mass is 10.2. The average molecular weight is 428 g/mol. The van der Waals surface area contributed by atoms with Crippen molar-refractivity contribution in [3.63, 3.8) is 0 Å². The molecular weight excluding hydrogens is 411 g/mol. The third-order valence-electron chi connectivity index (χ3n) is 4.12. The Balaban J connectivity index is 1.63. The van der Waals surface area contributed by atoms with Gasteiger partial charge in [-0.1, -0.05) is 24.3 Å². The Kier molecular flexibility index (Phi) is 6.87. The number of rotatable bonds is 8. The number of alkyl halides is 1. The number of nitro groups is 1. The van der Waals surface area contributed by atoms with Crippen LogP contribution in [0.3, 0.4) is 0 Å². The minimum Gasteiger partial charge on any atom is -0.491 e. The van der Waals surface area contributed by atoms with Crippen LogP contribution in [0.1, 0.15) is 11.1 Å². The zero-order valence-corrected chi connectivity index (χ0v) is 16.5. The van der Waals surface area contributed by atoms with Crippen LogP contribution >= 0.6 is 12.2 Å². The Bertz CT molecular complexity index is 1000. The van der Waals surface area contributed by atoms with Gasteiger partial charge in [-0.3, -0.25) is 19.8 Å². The fraction of sp³-hybridized carbons (Fsp3) is 0.143. The molecule has 0 spiro atoms. The summed E-state index contributed by atoms with van der Waals surface area (Å²) in [6, 6.07) is 12.9. The van der Waals surface area contributed by atoms with Crippen molar-refractivity contribution in [1.82, 2.24) is 4.90 Å². The monoisotopic (exact) mass is 428 g/mol. The van der Waals surface area contributed by atoms with Crippen LogP contribution in [0, 0.1) is 10.1 Å². The maximum atomic E-state index is 12.6. The van der Waals surface area contributed by atoms with Crippen LogP contribution in [0.25, 0.3) is 6.08 Å². The Morgan fingerprint density at radius 2 is 1.87 bits per heavy atom. The summed E-state index contributed by atoms with van der Waals surface area (Å²) < 4.78 is 22.7. The molecule has 3 rings (SSSR count). The maximum Gasteiger partial charge on any atom is 0.297 e. The van der Waals surface area contributed by atoms with Crippen LogP contribution in [0.2, 0.25) is 0 Å². The first-order chi connectivity index (χ1) is 14.5. The molecule has 0 aliphatic carbocycles. The van der Waals surface area contributed by atoms with Crippen molar-refractivity contribution < 1.29 is 23.6 Å². The first kappa shape index (κ1) is 21.1. The summed E-state index contributed by atoms with van der Waals surface area (Å²) in [6.45, 7) is -0.350. The van der Waals surface area contributed by atoms with Gasteiger partial charge in [-0.25, -0.2) is 4.39 Å². The normalized spacial score (nSPS) is 15.1. The highest BCUT2D eigenvalue weighted by atomic mass is 32.1. The molecule has 1 heterocycles. The fourth-order valence-electron chi connectivity index (χ4n) is 2.63. The molecule has 0 saturated carbocycles. The van der Waals surface area contributed by atoms with Gasteiger partial charge in [-0.15, -0.1) is 0 Å². The molecule has 1 amide bonds. The van der Waals surface area contributed by atoms with E-state index in [1.54, 1.807) is 48.6 Å². The average Bonchev–Trinajstić information content (AvgIpc) is 3.01. The van der Waals surface area contributed by atoms with Gasteiger partial charge < -0.3 is 9.47 Å². The largest absolute Gasteiger partial charge is 0.491 e. The van der Waals surface area contributed by atoms with Gasteiger partial charge >= 0.3 is 0 Å². The Labute approximate surface area is 177 Å². The quantitative estimate of drug-likeness (QED) is 0.272. The third-order valence-corrected chi connectivity index (χ3v) is 4.43. The summed E-state index contributed by atoms with van der Waals surface area (Å²) in [4.78, 5) is 24.1. The van der Waals surface area contributed by atoms with Crippen molar-refractivity contribution in [1.29, 1.82) is 0 Å². The molecule has 0 aromatic heterocycles. The molecule has 7 nitrogen and oxygen atoms in total. The van der Waals surface area contributed by atoms with Gasteiger partial charge in [0, 0.05) is 12.1 Å². The highest BCUT2D eigenvalue weighted by molar-refractivity contribution is 7.80. The molecule has 2 aromatic carbocycles. The first-order valence-electron chi connectivity index (χ1n) is 8.92. The fourth-order valence-corrected chi connectivity index (χ4v) is 2.87. The van der Waals surface area contributed by atoms with Crippen LogP contribution in [0.4, 0.5) is 10.1 Å². The number of hydrogen-bond acceptors (Lipinski definition) is 6. The number of halogens is 1. The van der Waals surface area contributed by atoms with E-state index in [1.807, 2.05) is 0 Å². The van der Waals surface area contributed by atoms with Crippen LogP contribution in [0.15, 0.2) is 66.4 Å². The molecular formula is C21H17FN2O5S. The summed E-state index contributed by atoms with van der Waals surface area (Å²) in [7, 11) is 0. The number of ether oxygens (including phenoxy) is 2. The van der Waals surface area contributed by atoms with E-state index in [4.69, 9.17) is 21.7 Å². The molecule has 2 aromatic rings. The van der Waals surface area contributed by atoms with Gasteiger partial charge in [0.1, 0.15) is 19.0 Å². The molecule has 0 N–H and O–H groups in total. The molecule has 0 bridgehead atoms. The van der Waals surface area contributed by atoms with Gasteiger partial charge in [0.25, 0.3) is 16.8 Å². The molecule has 30 heavy (non-hydrogen) atoms. The van der Waals surface area contributed by atoms with Gasteiger partial charge in [-0.05, 0) is 53.7 Å². The van der Waals surface area contributed by atoms with E-state index in [1.165, 1.54) is 23.1 Å². The second-order valence-electron chi connectivity index (χ2n) is 6.18. The molecule has 0 unspecified atom stereocenters. The van der Waals surface area contributed by atoms with Crippen LogP contribution in [-0.4, -0.2) is 34.2 Å². The highest BCUT2D eigenvalue weighted by Crippen LogP contribution is 2.21. The molecule has 0 radical (unpaired) electrons. The van der Waals surface area contributed by atoms with E-state index in [0.29, 0.717) is 5.75 Å². The number of carbonyl (C=O) groups is 1. The van der Waals surface area contributed by atoms with E-state index in [9.17, 15) is 19.3 Å². The van der Waals surface area contributed by atoms with Crippen molar-refractivity contribution in [2.24, 2.45) is 0 Å². The minimum atomic E-state index is -0.566. The lowest BCUT2D eigenvalue weighted by Crippen LogP contribution is -2.27. The summed E-state index contributed by atoms with van der Waals surface area (Å²) in [6.07, 6.45) is 4.79. The Morgan fingerprint density at radius 1 is 1.17 bits per heavy atom. The molecule has 1 saturated heterocycles. The predicted molar refractivity (Wildman–Crippen MR) is 112 cm³/mol. The number of amides is 1. The van der Waals surface area contributed by atoms with Crippen molar-refractivity contribution in [2.45, 2.75) is 6.54 Å². The van der Waals surface area contributed by atoms with Gasteiger partial charge in [-0.2, -0.15) is 0 Å². The molecule has 154 valence electrons. The number of nitrogens with zero attached hydrogens (tertiary/aromatic N) is 2. The summed E-state index contributed by atoms with van der Waals surface area (Å²) >= 11 is 5.15.